The molecule has 3 heterocycles. The van der Waals surface area contributed by atoms with Gasteiger partial charge in [-0.1, -0.05) is 5.21 Å². The van der Waals surface area contributed by atoms with Gasteiger partial charge in [-0.25, -0.2) is 9.48 Å². The van der Waals surface area contributed by atoms with E-state index in [0.717, 1.165) is 11.5 Å². The molecular formula is C17H20N8O2. The van der Waals surface area contributed by atoms with Gasteiger partial charge in [-0.2, -0.15) is 0 Å². The first-order valence-electron chi connectivity index (χ1n) is 8.57. The number of aromatic nitrogens is 6. The summed E-state index contributed by atoms with van der Waals surface area (Å²) in [4.78, 5) is 14.6. The van der Waals surface area contributed by atoms with Crippen molar-refractivity contribution in [1.82, 2.24) is 34.7 Å². The summed E-state index contributed by atoms with van der Waals surface area (Å²) in [6.07, 6.45) is 5.65. The molecule has 2 atom stereocenters. The Kier molecular flexibility index (Phi) is 4.55. The Morgan fingerprint density at radius 2 is 2.07 bits per heavy atom. The Morgan fingerprint density at radius 3 is 2.70 bits per heavy atom. The molecule has 1 N–H and O–H groups in total. The fraction of sp³-hybridized carbons (Fsp3) is 0.353. The van der Waals surface area contributed by atoms with Crippen LogP contribution >= 0.6 is 0 Å². The lowest BCUT2D eigenvalue weighted by Gasteiger charge is -2.24. The Labute approximate surface area is 155 Å². The number of amides is 2. The average molecular weight is 368 g/mol. The van der Waals surface area contributed by atoms with E-state index in [1.807, 2.05) is 35.9 Å². The zero-order valence-electron chi connectivity index (χ0n) is 15.1. The van der Waals surface area contributed by atoms with Gasteiger partial charge in [0.05, 0.1) is 30.2 Å². The number of carbonyl (C=O) groups is 1. The summed E-state index contributed by atoms with van der Waals surface area (Å²) in [5.41, 5.74) is 1.56. The number of hydrogen-bond acceptors (Lipinski definition) is 6. The van der Waals surface area contributed by atoms with E-state index in [-0.39, 0.29) is 18.2 Å². The van der Waals surface area contributed by atoms with Gasteiger partial charge in [-0.05, 0) is 24.3 Å². The van der Waals surface area contributed by atoms with E-state index in [0.29, 0.717) is 18.7 Å². The quantitative estimate of drug-likeness (QED) is 0.746. The van der Waals surface area contributed by atoms with Crippen LogP contribution in [0, 0.1) is 0 Å². The van der Waals surface area contributed by atoms with Crippen LogP contribution < -0.4 is 5.32 Å². The maximum absolute atomic E-state index is 12.9. The van der Waals surface area contributed by atoms with Crippen LogP contribution in [0.4, 0.5) is 10.5 Å². The monoisotopic (exact) mass is 368 g/mol. The smallest absolute Gasteiger partial charge is 0.322 e. The summed E-state index contributed by atoms with van der Waals surface area (Å²) in [6, 6.07) is 7.01. The minimum absolute atomic E-state index is 0.0351. The Balaban J connectivity index is 1.50. The molecule has 27 heavy (non-hydrogen) atoms. The van der Waals surface area contributed by atoms with Gasteiger partial charge < -0.3 is 19.5 Å². The SMILES string of the molecule is CO[C@@H]1C[C@@H](c2nncn2C)N(C(=O)Nc2ccc(-n3ccnn3)cc2)C1. The molecule has 10 nitrogen and oxygen atoms in total. The van der Waals surface area contributed by atoms with Crippen molar-refractivity contribution in [2.75, 3.05) is 19.0 Å². The number of methoxy groups -OCH3 is 1. The molecule has 1 aromatic carbocycles. The highest BCUT2D eigenvalue weighted by Crippen LogP contribution is 2.32. The lowest BCUT2D eigenvalue weighted by atomic mass is 10.2. The van der Waals surface area contributed by atoms with Gasteiger partial charge in [0, 0.05) is 32.8 Å². The van der Waals surface area contributed by atoms with Crippen LogP contribution in [-0.4, -0.2) is 60.4 Å². The molecule has 4 rings (SSSR count). The van der Waals surface area contributed by atoms with Gasteiger partial charge in [0.15, 0.2) is 5.82 Å². The lowest BCUT2D eigenvalue weighted by Crippen LogP contribution is -2.36. The van der Waals surface area contributed by atoms with Crippen LogP contribution in [0.5, 0.6) is 0 Å². The van der Waals surface area contributed by atoms with Crippen molar-refractivity contribution in [3.63, 3.8) is 0 Å². The van der Waals surface area contributed by atoms with Crippen LogP contribution in [0.25, 0.3) is 5.69 Å². The molecule has 0 saturated carbocycles. The third-order valence-corrected chi connectivity index (χ3v) is 4.71. The fourth-order valence-electron chi connectivity index (χ4n) is 3.27. The number of benzene rings is 1. The minimum Gasteiger partial charge on any atom is -0.380 e. The summed E-state index contributed by atoms with van der Waals surface area (Å²) in [6.45, 7) is 0.497. The van der Waals surface area contributed by atoms with E-state index < -0.39 is 0 Å². The zero-order valence-corrected chi connectivity index (χ0v) is 15.1. The largest absolute Gasteiger partial charge is 0.380 e. The number of urea groups is 1. The first-order valence-corrected chi connectivity index (χ1v) is 8.57. The molecule has 2 aromatic heterocycles. The second-order valence-electron chi connectivity index (χ2n) is 6.39. The standard InChI is InChI=1S/C17H20N8O2/c1-23-11-19-21-16(23)15-9-14(27-2)10-24(15)17(26)20-12-3-5-13(6-4-12)25-8-7-18-22-25/h3-8,11,14-15H,9-10H2,1-2H3,(H,20,26)/t14-,15+/m1/s1. The molecule has 1 aliphatic rings. The van der Waals surface area contributed by atoms with E-state index in [2.05, 4.69) is 25.8 Å². The molecule has 0 aliphatic carbocycles. The van der Waals surface area contributed by atoms with Gasteiger partial charge in [0.2, 0.25) is 0 Å². The lowest BCUT2D eigenvalue weighted by molar-refractivity contribution is 0.111. The molecule has 1 fully saturated rings. The Hall–Kier alpha value is -3.27. The van der Waals surface area contributed by atoms with Gasteiger partial charge in [0.1, 0.15) is 6.33 Å². The molecule has 0 spiro atoms. The predicted octanol–water partition coefficient (Wildman–Crippen LogP) is 1.39. The first-order chi connectivity index (χ1) is 13.2. The van der Waals surface area contributed by atoms with Gasteiger partial charge in [-0.3, -0.25) is 0 Å². The molecule has 0 unspecified atom stereocenters. The molecule has 1 saturated heterocycles. The van der Waals surface area contributed by atoms with Crippen LogP contribution in [0.3, 0.4) is 0 Å². The summed E-state index contributed by atoms with van der Waals surface area (Å²) in [7, 11) is 3.52. The van der Waals surface area contributed by atoms with Crippen molar-refractivity contribution in [3.8, 4) is 5.69 Å². The van der Waals surface area contributed by atoms with E-state index in [9.17, 15) is 4.79 Å². The van der Waals surface area contributed by atoms with Crippen molar-refractivity contribution in [1.29, 1.82) is 0 Å². The molecule has 140 valence electrons. The first kappa shape index (κ1) is 17.2. The third kappa shape index (κ3) is 3.38. The maximum atomic E-state index is 12.9. The summed E-state index contributed by atoms with van der Waals surface area (Å²) in [5, 5.41) is 18.8. The fourth-order valence-corrected chi connectivity index (χ4v) is 3.27. The number of hydrogen-bond donors (Lipinski definition) is 1. The van der Waals surface area contributed by atoms with Crippen molar-refractivity contribution in [3.05, 3.63) is 48.8 Å². The second-order valence-corrected chi connectivity index (χ2v) is 6.39. The Morgan fingerprint density at radius 1 is 1.26 bits per heavy atom. The van der Waals surface area contributed by atoms with Crippen LogP contribution in [0.1, 0.15) is 18.3 Å². The molecule has 10 heteroatoms. The Bertz CT molecular complexity index is 905. The molecule has 1 aliphatic heterocycles. The normalized spacial score (nSPS) is 19.4. The van der Waals surface area contributed by atoms with E-state index in [1.54, 1.807) is 35.4 Å². The summed E-state index contributed by atoms with van der Waals surface area (Å²) in [5.74, 6) is 0.742. The van der Waals surface area contributed by atoms with Crippen LogP contribution in [0.2, 0.25) is 0 Å². The highest BCUT2D eigenvalue weighted by atomic mass is 16.5. The summed E-state index contributed by atoms with van der Waals surface area (Å²) < 4.78 is 8.95. The molecule has 3 aromatic rings. The second kappa shape index (κ2) is 7.16. The highest BCUT2D eigenvalue weighted by Gasteiger charge is 2.38. The minimum atomic E-state index is -0.198. The van der Waals surface area contributed by atoms with Crippen molar-refractivity contribution >= 4 is 11.7 Å². The molecular weight excluding hydrogens is 348 g/mol. The number of ether oxygens (including phenoxy) is 1. The maximum Gasteiger partial charge on any atom is 0.322 e. The van der Waals surface area contributed by atoms with E-state index >= 15 is 0 Å². The van der Waals surface area contributed by atoms with Crippen LogP contribution in [-0.2, 0) is 11.8 Å². The predicted molar refractivity (Wildman–Crippen MR) is 96.2 cm³/mol. The van der Waals surface area contributed by atoms with Gasteiger partial charge in [0.25, 0.3) is 0 Å². The van der Waals surface area contributed by atoms with Crippen molar-refractivity contribution in [2.45, 2.75) is 18.6 Å². The third-order valence-electron chi connectivity index (χ3n) is 4.71. The van der Waals surface area contributed by atoms with Gasteiger partial charge >= 0.3 is 6.03 Å². The summed E-state index contributed by atoms with van der Waals surface area (Å²) >= 11 is 0. The van der Waals surface area contributed by atoms with Gasteiger partial charge in [-0.15, -0.1) is 15.3 Å². The topological polar surface area (TPSA) is 103 Å². The molecule has 0 radical (unpaired) electrons. The van der Waals surface area contributed by atoms with Crippen LogP contribution in [0.15, 0.2) is 43.0 Å². The zero-order chi connectivity index (χ0) is 18.8. The number of carbonyl (C=O) groups excluding carboxylic acids is 1. The van der Waals surface area contributed by atoms with Crippen molar-refractivity contribution in [2.24, 2.45) is 7.05 Å². The number of anilines is 1. The number of rotatable bonds is 4. The number of nitrogens with zero attached hydrogens (tertiary/aromatic N) is 7. The van der Waals surface area contributed by atoms with E-state index in [1.165, 1.54) is 0 Å². The average Bonchev–Trinajstić information content (AvgIpc) is 3.42. The van der Waals surface area contributed by atoms with E-state index in [4.69, 9.17) is 4.74 Å². The van der Waals surface area contributed by atoms with Crippen molar-refractivity contribution < 1.29 is 9.53 Å². The number of likely N-dealkylation sites (tertiary alicyclic amines) is 1. The molecule has 0 bridgehead atoms. The highest BCUT2D eigenvalue weighted by molar-refractivity contribution is 5.90. The molecule has 2 amide bonds. The number of aryl methyl sites for hydroxylation is 1. The number of nitrogens with one attached hydrogen (secondary N) is 1.